The molecule has 7 nitrogen and oxygen atoms in total. The Morgan fingerprint density at radius 2 is 2.07 bits per heavy atom. The minimum absolute atomic E-state index is 0.00107. The Morgan fingerprint density at radius 3 is 2.81 bits per heavy atom. The first kappa shape index (κ1) is 19.4. The molecule has 144 valence electrons. The zero-order valence-electron chi connectivity index (χ0n) is 15.2. The Labute approximate surface area is 162 Å². The fraction of sp³-hybridized carbons (Fsp3) is 0.474. The van der Waals surface area contributed by atoms with Gasteiger partial charge < -0.3 is 14.2 Å². The van der Waals surface area contributed by atoms with Crippen LogP contribution < -0.4 is 0 Å². The largest absolute Gasteiger partial charge is 0.466 e. The van der Waals surface area contributed by atoms with E-state index in [1.807, 2.05) is 12.1 Å². The van der Waals surface area contributed by atoms with Gasteiger partial charge in [-0.05, 0) is 44.0 Å². The van der Waals surface area contributed by atoms with Gasteiger partial charge in [-0.1, -0.05) is 16.8 Å². The zero-order valence-corrected chi connectivity index (χ0v) is 15.9. The number of amides is 1. The number of piperidine rings is 1. The lowest BCUT2D eigenvalue weighted by molar-refractivity contribution is -0.146. The molecule has 0 bridgehead atoms. The van der Waals surface area contributed by atoms with Crippen molar-refractivity contribution in [1.29, 1.82) is 0 Å². The quantitative estimate of drug-likeness (QED) is 0.701. The summed E-state index contributed by atoms with van der Waals surface area (Å²) < 4.78 is 10.3. The molecule has 1 atom stereocenters. The number of likely N-dealkylation sites (tertiary alicyclic amines) is 1. The van der Waals surface area contributed by atoms with Gasteiger partial charge in [0.1, 0.15) is 0 Å². The number of nitrogens with zero attached hydrogens (tertiary/aromatic N) is 3. The van der Waals surface area contributed by atoms with Crippen LogP contribution in [-0.4, -0.2) is 46.6 Å². The third-order valence-electron chi connectivity index (χ3n) is 4.52. The Hall–Kier alpha value is -2.41. The van der Waals surface area contributed by atoms with Crippen LogP contribution in [0.25, 0.3) is 11.4 Å². The van der Waals surface area contributed by atoms with Crippen LogP contribution in [0.3, 0.4) is 0 Å². The fourth-order valence-corrected chi connectivity index (χ4v) is 3.25. The summed E-state index contributed by atoms with van der Waals surface area (Å²) in [5, 5.41) is 4.69. The predicted molar refractivity (Wildman–Crippen MR) is 99.2 cm³/mol. The van der Waals surface area contributed by atoms with E-state index in [0.717, 1.165) is 18.4 Å². The van der Waals surface area contributed by atoms with Crippen molar-refractivity contribution in [3.8, 4) is 11.4 Å². The highest BCUT2D eigenvalue weighted by molar-refractivity contribution is 6.30. The van der Waals surface area contributed by atoms with Gasteiger partial charge in [-0.3, -0.25) is 9.59 Å². The normalized spacial score (nSPS) is 17.0. The number of carbonyl (C=O) groups is 2. The van der Waals surface area contributed by atoms with Crippen LogP contribution in [0.2, 0.25) is 5.02 Å². The molecule has 0 N–H and O–H groups in total. The SMILES string of the molecule is CCOC(=O)CCC(=O)N1CCCC(c2nc(-c3ccc(Cl)cc3)no2)C1. The molecule has 3 rings (SSSR count). The van der Waals surface area contributed by atoms with Crippen LogP contribution in [0.5, 0.6) is 0 Å². The number of hydrogen-bond acceptors (Lipinski definition) is 6. The van der Waals surface area contributed by atoms with Crippen molar-refractivity contribution in [2.75, 3.05) is 19.7 Å². The van der Waals surface area contributed by atoms with Crippen LogP contribution in [0.1, 0.15) is 44.4 Å². The van der Waals surface area contributed by atoms with Gasteiger partial charge in [0.15, 0.2) is 0 Å². The standard InChI is InChI=1S/C19H22ClN3O4/c1-2-26-17(25)10-9-16(24)23-11-3-4-14(12-23)19-21-18(22-27-19)13-5-7-15(20)8-6-13/h5-8,14H,2-4,9-12H2,1H3. The molecule has 0 spiro atoms. The van der Waals surface area contributed by atoms with Gasteiger partial charge in [0, 0.05) is 30.1 Å². The van der Waals surface area contributed by atoms with Gasteiger partial charge in [0.2, 0.25) is 17.6 Å². The van der Waals surface area contributed by atoms with Crippen molar-refractivity contribution >= 4 is 23.5 Å². The van der Waals surface area contributed by atoms with Crippen LogP contribution in [0.4, 0.5) is 0 Å². The number of aromatic nitrogens is 2. The topological polar surface area (TPSA) is 85.5 Å². The molecule has 1 unspecified atom stereocenters. The van der Waals surface area contributed by atoms with Crippen LogP contribution in [-0.2, 0) is 14.3 Å². The lowest BCUT2D eigenvalue weighted by Gasteiger charge is -2.31. The molecule has 2 aromatic rings. The zero-order chi connectivity index (χ0) is 19.2. The first-order valence-corrected chi connectivity index (χ1v) is 9.47. The Bertz CT molecular complexity index is 791. The maximum absolute atomic E-state index is 12.4. The molecule has 27 heavy (non-hydrogen) atoms. The van der Waals surface area contributed by atoms with E-state index in [9.17, 15) is 9.59 Å². The lowest BCUT2D eigenvalue weighted by atomic mass is 9.97. The van der Waals surface area contributed by atoms with Crippen molar-refractivity contribution in [2.45, 2.75) is 38.5 Å². The van der Waals surface area contributed by atoms with E-state index in [1.54, 1.807) is 24.0 Å². The molecule has 1 saturated heterocycles. The Kier molecular flexibility index (Phi) is 6.45. The van der Waals surface area contributed by atoms with Crippen molar-refractivity contribution in [1.82, 2.24) is 15.0 Å². The first-order chi connectivity index (χ1) is 13.1. The number of esters is 1. The Balaban J connectivity index is 1.60. The minimum Gasteiger partial charge on any atom is -0.466 e. The molecule has 1 aromatic carbocycles. The van der Waals surface area contributed by atoms with Crippen molar-refractivity contribution in [3.63, 3.8) is 0 Å². The maximum Gasteiger partial charge on any atom is 0.306 e. The summed E-state index contributed by atoms with van der Waals surface area (Å²) in [6.45, 7) is 3.27. The fourth-order valence-electron chi connectivity index (χ4n) is 3.12. The van der Waals surface area contributed by atoms with Crippen LogP contribution in [0.15, 0.2) is 28.8 Å². The summed E-state index contributed by atoms with van der Waals surface area (Å²) in [5.41, 5.74) is 0.826. The molecule has 0 saturated carbocycles. The van der Waals surface area contributed by atoms with E-state index in [1.165, 1.54) is 0 Å². The lowest BCUT2D eigenvalue weighted by Crippen LogP contribution is -2.39. The van der Waals surface area contributed by atoms with E-state index >= 15 is 0 Å². The summed E-state index contributed by atoms with van der Waals surface area (Å²) in [7, 11) is 0. The second-order valence-corrected chi connectivity index (χ2v) is 6.88. The molecule has 0 aliphatic carbocycles. The van der Waals surface area contributed by atoms with Crippen LogP contribution in [0, 0.1) is 0 Å². The molecular weight excluding hydrogens is 370 g/mol. The van der Waals surface area contributed by atoms with Gasteiger partial charge in [0.25, 0.3) is 0 Å². The number of halogens is 1. The summed E-state index contributed by atoms with van der Waals surface area (Å²) in [5.74, 6) is 0.642. The van der Waals surface area contributed by atoms with E-state index in [0.29, 0.717) is 36.4 Å². The van der Waals surface area contributed by atoms with E-state index in [4.69, 9.17) is 20.9 Å². The summed E-state index contributed by atoms with van der Waals surface area (Å²) in [4.78, 5) is 30.1. The van der Waals surface area contributed by atoms with Gasteiger partial charge in [-0.15, -0.1) is 0 Å². The highest BCUT2D eigenvalue weighted by Gasteiger charge is 2.28. The maximum atomic E-state index is 12.4. The summed E-state index contributed by atoms with van der Waals surface area (Å²) in [6.07, 6.45) is 2.00. The smallest absolute Gasteiger partial charge is 0.306 e. The molecule has 2 heterocycles. The average Bonchev–Trinajstić information content (AvgIpc) is 3.17. The molecule has 1 aliphatic heterocycles. The van der Waals surface area contributed by atoms with Gasteiger partial charge in [0.05, 0.1) is 18.9 Å². The third-order valence-corrected chi connectivity index (χ3v) is 4.77. The van der Waals surface area contributed by atoms with Crippen LogP contribution >= 0.6 is 11.6 Å². The first-order valence-electron chi connectivity index (χ1n) is 9.09. The molecule has 1 fully saturated rings. The average molecular weight is 392 g/mol. The van der Waals surface area contributed by atoms with E-state index in [2.05, 4.69) is 10.1 Å². The summed E-state index contributed by atoms with van der Waals surface area (Å²) >= 11 is 5.90. The second-order valence-electron chi connectivity index (χ2n) is 6.45. The molecule has 1 aliphatic rings. The van der Waals surface area contributed by atoms with E-state index < -0.39 is 0 Å². The van der Waals surface area contributed by atoms with Gasteiger partial charge in [-0.2, -0.15) is 4.98 Å². The second kappa shape index (κ2) is 8.99. The molecule has 0 radical (unpaired) electrons. The monoisotopic (exact) mass is 391 g/mol. The van der Waals surface area contributed by atoms with Gasteiger partial charge >= 0.3 is 5.97 Å². The highest BCUT2D eigenvalue weighted by Crippen LogP contribution is 2.28. The molecule has 1 aromatic heterocycles. The Morgan fingerprint density at radius 1 is 1.30 bits per heavy atom. The van der Waals surface area contributed by atoms with Crippen molar-refractivity contribution in [3.05, 3.63) is 35.2 Å². The minimum atomic E-state index is -0.344. The van der Waals surface area contributed by atoms with E-state index in [-0.39, 0.29) is 30.6 Å². The highest BCUT2D eigenvalue weighted by atomic mass is 35.5. The van der Waals surface area contributed by atoms with Crippen molar-refractivity contribution in [2.24, 2.45) is 0 Å². The van der Waals surface area contributed by atoms with Gasteiger partial charge in [-0.25, -0.2) is 0 Å². The number of carbonyl (C=O) groups excluding carboxylic acids is 2. The predicted octanol–water partition coefficient (Wildman–Crippen LogP) is 3.44. The third kappa shape index (κ3) is 5.07. The number of benzene rings is 1. The molecule has 1 amide bonds. The number of hydrogen-bond donors (Lipinski definition) is 0. The number of ether oxygens (including phenoxy) is 1. The van der Waals surface area contributed by atoms with Crippen molar-refractivity contribution < 1.29 is 18.8 Å². The molecular formula is C19H22ClN3O4. The number of rotatable bonds is 6. The molecule has 8 heteroatoms. The summed E-state index contributed by atoms with van der Waals surface area (Å²) in [6, 6.07) is 7.22.